The van der Waals surface area contributed by atoms with Crippen molar-refractivity contribution in [3.05, 3.63) is 83.4 Å². The van der Waals surface area contributed by atoms with Gasteiger partial charge in [0.15, 0.2) is 5.82 Å². The molecule has 0 radical (unpaired) electrons. The summed E-state index contributed by atoms with van der Waals surface area (Å²) in [6.45, 7) is 2.70. The molecular formula is C20H20N4O. The summed E-state index contributed by atoms with van der Waals surface area (Å²) >= 11 is 0. The van der Waals surface area contributed by atoms with Crippen LogP contribution in [0.15, 0.2) is 66.7 Å². The number of nitrogens with one attached hydrogen (secondary N) is 2. The Morgan fingerprint density at radius 1 is 0.840 bits per heavy atom. The minimum absolute atomic E-state index is 0.108. The number of aromatic nitrogens is 2. The van der Waals surface area contributed by atoms with Crippen molar-refractivity contribution < 1.29 is 4.79 Å². The summed E-state index contributed by atoms with van der Waals surface area (Å²) < 4.78 is 0. The highest BCUT2D eigenvalue weighted by molar-refractivity contribution is 5.91. The molecule has 1 heterocycles. The third-order valence-corrected chi connectivity index (χ3v) is 3.73. The fraction of sp³-hybridized carbons (Fsp3) is 0.150. The maximum absolute atomic E-state index is 12.1. The number of carbonyl (C=O) groups excluding carboxylic acids is 1. The second-order valence-electron chi connectivity index (χ2n) is 5.85. The minimum atomic E-state index is -0.108. The van der Waals surface area contributed by atoms with Crippen molar-refractivity contribution in [2.45, 2.75) is 19.9 Å². The number of hydrogen-bond acceptors (Lipinski definition) is 4. The van der Waals surface area contributed by atoms with Crippen LogP contribution in [0, 0.1) is 6.92 Å². The van der Waals surface area contributed by atoms with Crippen molar-refractivity contribution in [3.8, 4) is 0 Å². The molecule has 0 aliphatic rings. The van der Waals surface area contributed by atoms with Crippen LogP contribution in [-0.4, -0.2) is 16.1 Å². The van der Waals surface area contributed by atoms with Gasteiger partial charge in [-0.2, -0.15) is 0 Å². The lowest BCUT2D eigenvalue weighted by Crippen LogP contribution is -2.16. The van der Waals surface area contributed by atoms with Crippen molar-refractivity contribution >= 4 is 17.5 Å². The third-order valence-electron chi connectivity index (χ3n) is 3.73. The minimum Gasteiger partial charge on any atom is -0.365 e. The first kappa shape index (κ1) is 16.6. The van der Waals surface area contributed by atoms with E-state index >= 15 is 0 Å². The van der Waals surface area contributed by atoms with Crippen molar-refractivity contribution in [1.29, 1.82) is 0 Å². The number of amides is 1. The van der Waals surface area contributed by atoms with Crippen molar-refractivity contribution in [3.63, 3.8) is 0 Å². The van der Waals surface area contributed by atoms with Crippen molar-refractivity contribution in [2.75, 3.05) is 10.6 Å². The molecule has 0 unspecified atom stereocenters. The predicted octanol–water partition coefficient (Wildman–Crippen LogP) is 3.58. The number of carbonyl (C=O) groups is 1. The summed E-state index contributed by atoms with van der Waals surface area (Å²) in [5.41, 5.74) is 3.31. The Kier molecular flexibility index (Phi) is 5.36. The van der Waals surface area contributed by atoms with Gasteiger partial charge in [-0.05, 0) is 30.2 Å². The molecule has 2 aromatic carbocycles. The van der Waals surface area contributed by atoms with Gasteiger partial charge in [0.1, 0.15) is 5.82 Å². The topological polar surface area (TPSA) is 66.9 Å². The highest BCUT2D eigenvalue weighted by Gasteiger charge is 2.06. The van der Waals surface area contributed by atoms with E-state index in [9.17, 15) is 4.79 Å². The Bertz CT molecular complexity index is 815. The van der Waals surface area contributed by atoms with Gasteiger partial charge in [0.25, 0.3) is 0 Å². The molecule has 0 bridgehead atoms. The van der Waals surface area contributed by atoms with E-state index in [2.05, 4.69) is 20.8 Å². The molecule has 0 fully saturated rings. The largest absolute Gasteiger partial charge is 0.365 e. The number of aryl methyl sites for hydroxylation is 1. The average molecular weight is 332 g/mol. The number of hydrogen-bond donors (Lipinski definition) is 2. The summed E-state index contributed by atoms with van der Waals surface area (Å²) in [4.78, 5) is 12.1. The van der Waals surface area contributed by atoms with Crippen LogP contribution in [0.4, 0.5) is 11.6 Å². The van der Waals surface area contributed by atoms with E-state index in [1.54, 1.807) is 12.1 Å². The highest BCUT2D eigenvalue weighted by atomic mass is 16.1. The molecular weight excluding hydrogens is 312 g/mol. The van der Waals surface area contributed by atoms with Gasteiger partial charge in [-0.3, -0.25) is 4.79 Å². The zero-order chi connectivity index (χ0) is 17.5. The Balaban J connectivity index is 1.51. The number of nitrogens with zero attached hydrogens (tertiary/aromatic N) is 2. The van der Waals surface area contributed by atoms with E-state index in [-0.39, 0.29) is 5.91 Å². The Morgan fingerprint density at radius 3 is 2.20 bits per heavy atom. The lowest BCUT2D eigenvalue weighted by Gasteiger charge is -2.07. The van der Waals surface area contributed by atoms with Gasteiger partial charge in [0, 0.05) is 6.54 Å². The smallest absolute Gasteiger partial charge is 0.229 e. The van der Waals surface area contributed by atoms with Crippen LogP contribution in [0.5, 0.6) is 0 Å². The fourth-order valence-electron chi connectivity index (χ4n) is 2.36. The summed E-state index contributed by atoms with van der Waals surface area (Å²) in [6, 6.07) is 21.5. The third kappa shape index (κ3) is 5.14. The van der Waals surface area contributed by atoms with Gasteiger partial charge in [-0.25, -0.2) is 0 Å². The fourth-order valence-corrected chi connectivity index (χ4v) is 2.36. The van der Waals surface area contributed by atoms with Crippen LogP contribution in [0.1, 0.15) is 16.7 Å². The molecule has 0 aliphatic heterocycles. The summed E-state index contributed by atoms with van der Waals surface area (Å²) in [5.74, 6) is 1.01. The normalized spacial score (nSPS) is 10.3. The molecule has 25 heavy (non-hydrogen) atoms. The second-order valence-corrected chi connectivity index (χ2v) is 5.85. The molecule has 0 aliphatic carbocycles. The van der Waals surface area contributed by atoms with E-state index in [0.717, 1.165) is 5.56 Å². The van der Waals surface area contributed by atoms with E-state index in [1.807, 2.05) is 61.5 Å². The average Bonchev–Trinajstić information content (AvgIpc) is 2.64. The van der Waals surface area contributed by atoms with Crippen LogP contribution >= 0.6 is 0 Å². The standard InChI is InChI=1S/C20H20N4O/c1-15-7-9-16(10-8-15)13-20(25)22-19-12-11-18(23-24-19)21-14-17-5-3-2-4-6-17/h2-12H,13-14H2,1H3,(H,21,23)(H,22,24,25). The molecule has 126 valence electrons. The molecule has 0 atom stereocenters. The first-order valence-corrected chi connectivity index (χ1v) is 8.16. The Labute approximate surface area is 147 Å². The molecule has 3 aromatic rings. The van der Waals surface area contributed by atoms with E-state index in [4.69, 9.17) is 0 Å². The lowest BCUT2D eigenvalue weighted by atomic mass is 10.1. The van der Waals surface area contributed by atoms with Crippen LogP contribution in [0.3, 0.4) is 0 Å². The molecule has 0 saturated carbocycles. The number of anilines is 2. The maximum Gasteiger partial charge on any atom is 0.229 e. The van der Waals surface area contributed by atoms with E-state index < -0.39 is 0 Å². The Morgan fingerprint density at radius 2 is 1.52 bits per heavy atom. The monoisotopic (exact) mass is 332 g/mol. The van der Waals surface area contributed by atoms with Crippen LogP contribution < -0.4 is 10.6 Å². The molecule has 3 rings (SSSR count). The zero-order valence-corrected chi connectivity index (χ0v) is 14.1. The van der Waals surface area contributed by atoms with Gasteiger partial charge < -0.3 is 10.6 Å². The van der Waals surface area contributed by atoms with Gasteiger partial charge >= 0.3 is 0 Å². The van der Waals surface area contributed by atoms with Crippen LogP contribution in [0.25, 0.3) is 0 Å². The Hall–Kier alpha value is -3.21. The van der Waals surface area contributed by atoms with E-state index in [1.165, 1.54) is 11.1 Å². The van der Waals surface area contributed by atoms with Gasteiger partial charge in [-0.15, -0.1) is 10.2 Å². The van der Waals surface area contributed by atoms with Crippen LogP contribution in [-0.2, 0) is 17.8 Å². The molecule has 5 heteroatoms. The molecule has 5 nitrogen and oxygen atoms in total. The summed E-state index contributed by atoms with van der Waals surface area (Å²) in [6.07, 6.45) is 0.315. The van der Waals surface area contributed by atoms with Crippen LogP contribution in [0.2, 0.25) is 0 Å². The summed E-state index contributed by atoms with van der Waals surface area (Å²) in [7, 11) is 0. The van der Waals surface area contributed by atoms with Gasteiger partial charge in [0.05, 0.1) is 6.42 Å². The molecule has 1 aromatic heterocycles. The highest BCUT2D eigenvalue weighted by Crippen LogP contribution is 2.10. The lowest BCUT2D eigenvalue weighted by molar-refractivity contribution is -0.115. The van der Waals surface area contributed by atoms with E-state index in [0.29, 0.717) is 24.6 Å². The first-order valence-electron chi connectivity index (χ1n) is 8.16. The quantitative estimate of drug-likeness (QED) is 0.724. The predicted molar refractivity (Wildman–Crippen MR) is 99.3 cm³/mol. The van der Waals surface area contributed by atoms with Crippen molar-refractivity contribution in [1.82, 2.24) is 10.2 Å². The number of benzene rings is 2. The number of rotatable bonds is 6. The maximum atomic E-state index is 12.1. The molecule has 0 saturated heterocycles. The summed E-state index contributed by atoms with van der Waals surface area (Å²) in [5, 5.41) is 14.1. The molecule has 2 N–H and O–H groups in total. The SMILES string of the molecule is Cc1ccc(CC(=O)Nc2ccc(NCc3ccccc3)nn2)cc1. The molecule has 0 spiro atoms. The zero-order valence-electron chi connectivity index (χ0n) is 14.1. The first-order chi connectivity index (χ1) is 12.2. The second kappa shape index (κ2) is 8.06. The molecule has 1 amide bonds. The van der Waals surface area contributed by atoms with Crippen molar-refractivity contribution in [2.24, 2.45) is 0 Å². The van der Waals surface area contributed by atoms with Gasteiger partial charge in [-0.1, -0.05) is 60.2 Å². The van der Waals surface area contributed by atoms with Gasteiger partial charge in [0.2, 0.25) is 5.91 Å².